The van der Waals surface area contributed by atoms with Gasteiger partial charge in [0.1, 0.15) is 5.75 Å². The summed E-state index contributed by atoms with van der Waals surface area (Å²) in [6, 6.07) is 8.78. The summed E-state index contributed by atoms with van der Waals surface area (Å²) < 4.78 is 5.95. The van der Waals surface area contributed by atoms with E-state index in [1.165, 1.54) is 0 Å². The van der Waals surface area contributed by atoms with Gasteiger partial charge in [0.25, 0.3) is 5.91 Å². The van der Waals surface area contributed by atoms with E-state index in [-0.39, 0.29) is 17.9 Å². The fraction of sp³-hybridized carbons (Fsp3) is 0.652. The van der Waals surface area contributed by atoms with Crippen LogP contribution in [-0.4, -0.2) is 53.4 Å². The predicted octanol–water partition coefficient (Wildman–Crippen LogP) is 3.36. The third kappa shape index (κ3) is 3.89. The number of ether oxygens (including phenoxy) is 1. The zero-order chi connectivity index (χ0) is 19.9. The van der Waals surface area contributed by atoms with Crippen LogP contribution in [0.15, 0.2) is 24.3 Å². The number of carbonyl (C=O) groups excluding carboxylic acids is 2. The average Bonchev–Trinajstić information content (AvgIpc) is 3.50. The molecule has 2 amide bonds. The van der Waals surface area contributed by atoms with Gasteiger partial charge in [-0.25, -0.2) is 0 Å². The lowest BCUT2D eigenvalue weighted by Gasteiger charge is -2.47. The molecule has 1 aromatic carbocycles. The Bertz CT molecular complexity index is 750. The number of nitrogens with zero attached hydrogens (tertiary/aromatic N) is 2. The average molecular weight is 385 g/mol. The molecule has 0 radical (unpaired) electrons. The summed E-state index contributed by atoms with van der Waals surface area (Å²) in [5, 5.41) is 0. The van der Waals surface area contributed by atoms with Crippen molar-refractivity contribution < 1.29 is 14.3 Å². The van der Waals surface area contributed by atoms with Crippen molar-refractivity contribution in [1.82, 2.24) is 9.80 Å². The van der Waals surface area contributed by atoms with E-state index in [9.17, 15) is 9.59 Å². The zero-order valence-electron chi connectivity index (χ0n) is 17.3. The molecule has 0 spiro atoms. The summed E-state index contributed by atoms with van der Waals surface area (Å²) in [6.07, 6.45) is 4.74. The van der Waals surface area contributed by atoms with Crippen LogP contribution >= 0.6 is 0 Å². The number of hydrogen-bond donors (Lipinski definition) is 0. The molecule has 0 aromatic heterocycles. The molecule has 2 heterocycles. The van der Waals surface area contributed by atoms with Crippen molar-refractivity contribution >= 4 is 11.8 Å². The molecule has 2 atom stereocenters. The minimum absolute atomic E-state index is 0.0289. The highest BCUT2D eigenvalue weighted by molar-refractivity contribution is 5.79. The number of fused-ring (bicyclic) bond motifs is 1. The van der Waals surface area contributed by atoms with Crippen molar-refractivity contribution in [2.24, 2.45) is 5.92 Å². The molecule has 1 saturated carbocycles. The third-order valence-corrected chi connectivity index (χ3v) is 6.41. The second-order valence-corrected chi connectivity index (χ2v) is 9.56. The van der Waals surface area contributed by atoms with E-state index in [0.29, 0.717) is 30.3 Å². The molecule has 5 nitrogen and oxygen atoms in total. The molecule has 3 aliphatic rings. The van der Waals surface area contributed by atoms with Gasteiger partial charge in [0, 0.05) is 31.6 Å². The van der Waals surface area contributed by atoms with Crippen LogP contribution < -0.4 is 4.74 Å². The van der Waals surface area contributed by atoms with Crippen LogP contribution in [0.25, 0.3) is 0 Å². The second kappa shape index (κ2) is 7.41. The molecule has 0 unspecified atom stereocenters. The van der Waals surface area contributed by atoms with Gasteiger partial charge in [0.05, 0.1) is 0 Å². The second-order valence-electron chi connectivity index (χ2n) is 9.56. The minimum Gasteiger partial charge on any atom is -0.483 e. The number of benzene rings is 1. The Morgan fingerprint density at radius 2 is 1.89 bits per heavy atom. The first-order chi connectivity index (χ1) is 13.3. The van der Waals surface area contributed by atoms with Crippen molar-refractivity contribution in [3.05, 3.63) is 29.8 Å². The molecule has 28 heavy (non-hydrogen) atoms. The molecule has 0 bridgehead atoms. The van der Waals surface area contributed by atoms with Crippen molar-refractivity contribution in [1.29, 1.82) is 0 Å². The SMILES string of the molecule is CC(C)(C)c1ccccc1OCC(=O)N1CC[C@H]2[C@@H](CCC(=O)N2C2CC2)C1. The predicted molar refractivity (Wildman–Crippen MR) is 108 cm³/mol. The molecule has 1 aliphatic carbocycles. The van der Waals surface area contributed by atoms with Crippen LogP contribution in [0.2, 0.25) is 0 Å². The standard InChI is InChI=1S/C23H32N2O3/c1-23(2,3)18-6-4-5-7-20(18)28-15-22(27)24-13-12-19-16(14-24)8-11-21(26)25(19)17-9-10-17/h4-7,16-17,19H,8-15H2,1-3H3/t16-,19-/m0/s1. The van der Waals surface area contributed by atoms with E-state index in [1.807, 2.05) is 23.1 Å². The lowest BCUT2D eigenvalue weighted by Crippen LogP contribution is -2.57. The lowest BCUT2D eigenvalue weighted by atomic mass is 9.83. The summed E-state index contributed by atoms with van der Waals surface area (Å²) in [6.45, 7) is 8.01. The maximum Gasteiger partial charge on any atom is 0.260 e. The molecule has 0 N–H and O–H groups in total. The van der Waals surface area contributed by atoms with E-state index >= 15 is 0 Å². The quantitative estimate of drug-likeness (QED) is 0.800. The fourth-order valence-electron chi connectivity index (χ4n) is 4.79. The molecule has 2 saturated heterocycles. The Morgan fingerprint density at radius 1 is 1.14 bits per heavy atom. The first-order valence-electron chi connectivity index (χ1n) is 10.7. The third-order valence-electron chi connectivity index (χ3n) is 6.41. The minimum atomic E-state index is -0.0289. The topological polar surface area (TPSA) is 49.9 Å². The Kier molecular flexibility index (Phi) is 5.11. The van der Waals surface area contributed by atoms with Gasteiger partial charge in [-0.15, -0.1) is 0 Å². The molecule has 1 aromatic rings. The number of likely N-dealkylation sites (tertiary alicyclic amines) is 2. The van der Waals surface area contributed by atoms with Gasteiger partial charge in [0.15, 0.2) is 6.61 Å². The maximum absolute atomic E-state index is 12.8. The summed E-state index contributed by atoms with van der Waals surface area (Å²) in [5.41, 5.74) is 1.09. The summed E-state index contributed by atoms with van der Waals surface area (Å²) in [5.74, 6) is 1.59. The summed E-state index contributed by atoms with van der Waals surface area (Å²) in [7, 11) is 0. The van der Waals surface area contributed by atoms with Crippen LogP contribution in [0.3, 0.4) is 0 Å². The Morgan fingerprint density at radius 3 is 2.61 bits per heavy atom. The van der Waals surface area contributed by atoms with E-state index < -0.39 is 0 Å². The number of rotatable bonds is 4. The monoisotopic (exact) mass is 384 g/mol. The van der Waals surface area contributed by atoms with Gasteiger partial charge in [-0.1, -0.05) is 39.0 Å². The highest BCUT2D eigenvalue weighted by Gasteiger charge is 2.45. The zero-order valence-corrected chi connectivity index (χ0v) is 17.3. The Labute approximate surface area is 168 Å². The van der Waals surface area contributed by atoms with E-state index in [0.717, 1.165) is 50.1 Å². The maximum atomic E-state index is 12.8. The molecule has 3 fully saturated rings. The Balaban J connectivity index is 1.36. The highest BCUT2D eigenvalue weighted by atomic mass is 16.5. The van der Waals surface area contributed by atoms with Gasteiger partial charge in [-0.05, 0) is 48.6 Å². The smallest absolute Gasteiger partial charge is 0.260 e. The molecular weight excluding hydrogens is 352 g/mol. The van der Waals surface area contributed by atoms with Gasteiger partial charge in [0.2, 0.25) is 5.91 Å². The van der Waals surface area contributed by atoms with Crippen LogP contribution in [0.5, 0.6) is 5.75 Å². The lowest BCUT2D eigenvalue weighted by molar-refractivity contribution is -0.145. The fourth-order valence-corrected chi connectivity index (χ4v) is 4.79. The van der Waals surface area contributed by atoms with Crippen molar-refractivity contribution in [2.75, 3.05) is 19.7 Å². The number of hydrogen-bond acceptors (Lipinski definition) is 3. The van der Waals surface area contributed by atoms with Crippen molar-refractivity contribution in [3.8, 4) is 5.75 Å². The molecule has 4 rings (SSSR count). The molecule has 5 heteroatoms. The van der Waals surface area contributed by atoms with E-state index in [4.69, 9.17) is 4.74 Å². The number of amides is 2. The number of piperidine rings is 2. The van der Waals surface area contributed by atoms with E-state index in [1.54, 1.807) is 0 Å². The first-order valence-corrected chi connectivity index (χ1v) is 10.7. The van der Waals surface area contributed by atoms with Gasteiger partial charge >= 0.3 is 0 Å². The molecule has 152 valence electrons. The summed E-state index contributed by atoms with van der Waals surface area (Å²) >= 11 is 0. The normalized spacial score (nSPS) is 25.5. The first kappa shape index (κ1) is 19.3. The van der Waals surface area contributed by atoms with Crippen molar-refractivity contribution in [3.63, 3.8) is 0 Å². The molecule has 2 aliphatic heterocycles. The number of carbonyl (C=O) groups is 2. The Hall–Kier alpha value is -2.04. The van der Waals surface area contributed by atoms with Gasteiger partial charge < -0.3 is 14.5 Å². The van der Waals surface area contributed by atoms with Crippen molar-refractivity contribution in [2.45, 2.75) is 70.4 Å². The number of para-hydroxylation sites is 1. The van der Waals surface area contributed by atoms with Gasteiger partial charge in [-0.3, -0.25) is 9.59 Å². The highest BCUT2D eigenvalue weighted by Crippen LogP contribution is 2.39. The summed E-state index contributed by atoms with van der Waals surface area (Å²) in [4.78, 5) is 29.3. The van der Waals surface area contributed by atoms with Gasteiger partial charge in [-0.2, -0.15) is 0 Å². The van der Waals surface area contributed by atoms with E-state index in [2.05, 4.69) is 31.7 Å². The van der Waals surface area contributed by atoms with Crippen LogP contribution in [0.1, 0.15) is 58.4 Å². The molecular formula is C23H32N2O3. The van der Waals surface area contributed by atoms with Crippen LogP contribution in [0.4, 0.5) is 0 Å². The largest absolute Gasteiger partial charge is 0.483 e. The van der Waals surface area contributed by atoms with Crippen LogP contribution in [0, 0.1) is 5.92 Å². The van der Waals surface area contributed by atoms with Crippen LogP contribution in [-0.2, 0) is 15.0 Å².